The van der Waals surface area contributed by atoms with Gasteiger partial charge >= 0.3 is 11.9 Å². The highest BCUT2D eigenvalue weighted by molar-refractivity contribution is 7.99. The van der Waals surface area contributed by atoms with Gasteiger partial charge in [0.2, 0.25) is 0 Å². The van der Waals surface area contributed by atoms with Crippen molar-refractivity contribution in [2.24, 2.45) is 0 Å². The zero-order valence-electron chi connectivity index (χ0n) is 21.1. The predicted octanol–water partition coefficient (Wildman–Crippen LogP) is 5.39. The van der Waals surface area contributed by atoms with Crippen molar-refractivity contribution in [1.29, 1.82) is 0 Å². The first-order valence-electron chi connectivity index (χ1n) is 12.6. The molecule has 0 spiro atoms. The number of alkyl halides is 3. The van der Waals surface area contributed by atoms with Crippen LogP contribution in [0.2, 0.25) is 0 Å². The van der Waals surface area contributed by atoms with E-state index in [1.54, 1.807) is 11.0 Å². The van der Waals surface area contributed by atoms with Gasteiger partial charge in [0, 0.05) is 71.4 Å². The SMILES string of the molecule is C=CC(=C)N1C2CC(=O)CC1CN(c1nc(=O)n3c4c(c(-c5ccc(F)cc5F)c(C(F)(F)F)cc14)SCC3)C2. The smallest absolute Gasteiger partial charge is 0.362 e. The molecule has 3 aromatic rings. The van der Waals surface area contributed by atoms with Gasteiger partial charge in [-0.05, 0) is 24.3 Å². The van der Waals surface area contributed by atoms with E-state index in [1.807, 2.05) is 4.90 Å². The number of benzene rings is 2. The van der Waals surface area contributed by atoms with Gasteiger partial charge in [-0.1, -0.05) is 13.2 Å². The molecule has 6 nitrogen and oxygen atoms in total. The largest absolute Gasteiger partial charge is 0.417 e. The van der Waals surface area contributed by atoms with Gasteiger partial charge in [0.1, 0.15) is 23.2 Å². The van der Waals surface area contributed by atoms with Crippen LogP contribution in [0, 0.1) is 11.6 Å². The number of rotatable bonds is 4. The maximum absolute atomic E-state index is 14.9. The number of allylic oxidation sites excluding steroid dienone is 1. The van der Waals surface area contributed by atoms with Gasteiger partial charge in [0.25, 0.3) is 0 Å². The first-order chi connectivity index (χ1) is 19.0. The lowest BCUT2D eigenvalue weighted by Gasteiger charge is -2.51. The van der Waals surface area contributed by atoms with Crippen molar-refractivity contribution >= 4 is 34.3 Å². The number of hydrogen-bond acceptors (Lipinski definition) is 6. The fraction of sp³-hybridized carbons (Fsp3) is 0.321. The Hall–Kier alpha value is -3.67. The molecule has 6 rings (SSSR count). The van der Waals surface area contributed by atoms with E-state index < -0.39 is 40.2 Å². The average Bonchev–Trinajstić information content (AvgIpc) is 2.88. The second kappa shape index (κ2) is 9.46. The van der Waals surface area contributed by atoms with E-state index in [1.165, 1.54) is 4.57 Å². The Morgan fingerprint density at radius 3 is 2.42 bits per heavy atom. The molecule has 2 unspecified atom stereocenters. The first kappa shape index (κ1) is 26.5. The monoisotopic (exact) mass is 574 g/mol. The van der Waals surface area contributed by atoms with Gasteiger partial charge < -0.3 is 9.80 Å². The number of piperazine rings is 1. The fourth-order valence-electron chi connectivity index (χ4n) is 6.14. The molecule has 2 aromatic carbocycles. The normalized spacial score (nSPS) is 20.7. The molecule has 0 amide bonds. The predicted molar refractivity (Wildman–Crippen MR) is 142 cm³/mol. The number of Topliss-reactive ketones (excluding diaryl/α,β-unsaturated/α-hetero) is 1. The van der Waals surface area contributed by atoms with Gasteiger partial charge in [-0.25, -0.2) is 13.6 Å². The number of aryl methyl sites for hydroxylation is 1. The number of thioether (sulfide) groups is 1. The van der Waals surface area contributed by atoms with Crippen LogP contribution in [0.1, 0.15) is 18.4 Å². The molecule has 12 heteroatoms. The van der Waals surface area contributed by atoms with E-state index in [-0.39, 0.29) is 77.7 Å². The van der Waals surface area contributed by atoms with Crippen LogP contribution in [0.25, 0.3) is 22.0 Å². The van der Waals surface area contributed by atoms with Gasteiger partial charge in [-0.3, -0.25) is 9.36 Å². The lowest BCUT2D eigenvalue weighted by atomic mass is 9.89. The highest BCUT2D eigenvalue weighted by atomic mass is 32.2. The number of anilines is 1. The number of piperidine rings is 1. The molecule has 2 saturated heterocycles. The summed E-state index contributed by atoms with van der Waals surface area (Å²) in [6, 6.07) is 2.72. The van der Waals surface area contributed by atoms with Crippen molar-refractivity contribution in [1.82, 2.24) is 14.5 Å². The molecular weight excluding hydrogens is 551 g/mol. The number of aromatic nitrogens is 2. The van der Waals surface area contributed by atoms with Crippen LogP contribution >= 0.6 is 11.8 Å². The van der Waals surface area contributed by atoms with Gasteiger partial charge in [-0.2, -0.15) is 18.2 Å². The van der Waals surface area contributed by atoms with Crippen LogP contribution in [0.3, 0.4) is 0 Å². The number of fused-ring (bicyclic) bond motifs is 2. The Bertz CT molecular complexity index is 1650. The van der Waals surface area contributed by atoms with E-state index in [2.05, 4.69) is 18.1 Å². The van der Waals surface area contributed by atoms with E-state index >= 15 is 0 Å². The average molecular weight is 575 g/mol. The number of ketones is 1. The molecule has 2 atom stereocenters. The standard InChI is InChI=1S/C28H23F5N4O2S/c1-3-14(2)37-16-9-18(38)10-17(37)13-35(12-16)26-20-11-21(28(31,32)33)23(19-5-4-15(29)8-22(19)30)25-24(20)36(6-7-40-25)27(39)34-26/h3-5,8,11,16-17H,1-2,6-7,9-10,12-13H2. The highest BCUT2D eigenvalue weighted by Gasteiger charge is 2.43. The number of hydrogen-bond donors (Lipinski definition) is 0. The summed E-state index contributed by atoms with van der Waals surface area (Å²) in [5.41, 5.74) is -1.68. The molecule has 3 aliphatic heterocycles. The third-order valence-corrected chi connectivity index (χ3v) is 8.78. The summed E-state index contributed by atoms with van der Waals surface area (Å²) in [5.74, 6) is -1.61. The molecule has 2 fully saturated rings. The second-order valence-electron chi connectivity index (χ2n) is 10.1. The van der Waals surface area contributed by atoms with Crippen LogP contribution in [0.15, 0.2) is 58.9 Å². The second-order valence-corrected chi connectivity index (χ2v) is 11.2. The Kier molecular flexibility index (Phi) is 6.28. The Morgan fingerprint density at radius 1 is 1.10 bits per heavy atom. The molecule has 2 bridgehead atoms. The minimum Gasteiger partial charge on any atom is -0.362 e. The van der Waals surface area contributed by atoms with E-state index in [4.69, 9.17) is 0 Å². The minimum atomic E-state index is -4.89. The number of nitrogens with zero attached hydrogens (tertiary/aromatic N) is 4. The van der Waals surface area contributed by atoms with E-state index in [0.717, 1.165) is 30.0 Å². The summed E-state index contributed by atoms with van der Waals surface area (Å²) in [6.45, 7) is 8.48. The van der Waals surface area contributed by atoms with Gasteiger partial charge in [0.05, 0.1) is 23.2 Å². The molecule has 4 heterocycles. The van der Waals surface area contributed by atoms with Crippen molar-refractivity contribution in [3.05, 3.63) is 76.9 Å². The summed E-state index contributed by atoms with van der Waals surface area (Å²) in [5, 5.41) is 0.112. The number of halogens is 5. The van der Waals surface area contributed by atoms with Crippen molar-refractivity contribution in [2.45, 2.75) is 42.5 Å². The van der Waals surface area contributed by atoms with Crippen LogP contribution < -0.4 is 10.6 Å². The quantitative estimate of drug-likeness (QED) is 0.308. The van der Waals surface area contributed by atoms with E-state index in [0.29, 0.717) is 11.8 Å². The molecule has 208 valence electrons. The first-order valence-corrected chi connectivity index (χ1v) is 13.6. The maximum atomic E-state index is 14.9. The molecule has 1 aromatic heterocycles. The molecule has 0 radical (unpaired) electrons. The van der Waals surface area contributed by atoms with Crippen molar-refractivity contribution in [3.8, 4) is 11.1 Å². The Labute approximate surface area is 229 Å². The third-order valence-electron chi connectivity index (χ3n) is 7.71. The molecule has 3 aliphatic rings. The number of carbonyl (C=O) groups is 1. The highest BCUT2D eigenvalue weighted by Crippen LogP contribution is 2.49. The van der Waals surface area contributed by atoms with Gasteiger partial charge in [0.15, 0.2) is 0 Å². The molecular formula is C28H23F5N4O2S. The van der Waals surface area contributed by atoms with Crippen molar-refractivity contribution in [2.75, 3.05) is 23.7 Å². The topological polar surface area (TPSA) is 58.4 Å². The minimum absolute atomic E-state index is 0.0782. The Balaban J connectivity index is 1.60. The lowest BCUT2D eigenvalue weighted by Crippen LogP contribution is -2.62. The summed E-state index contributed by atoms with van der Waals surface area (Å²) >= 11 is 1.09. The summed E-state index contributed by atoms with van der Waals surface area (Å²) < 4.78 is 73.7. The summed E-state index contributed by atoms with van der Waals surface area (Å²) in [6.07, 6.45) is -2.85. The Morgan fingerprint density at radius 2 is 1.80 bits per heavy atom. The summed E-state index contributed by atoms with van der Waals surface area (Å²) in [4.78, 5) is 33.8. The lowest BCUT2D eigenvalue weighted by molar-refractivity contribution is -0.137. The van der Waals surface area contributed by atoms with E-state index in [9.17, 15) is 31.5 Å². The van der Waals surface area contributed by atoms with Gasteiger partial charge in [-0.15, -0.1) is 11.8 Å². The number of carbonyl (C=O) groups excluding carboxylic acids is 1. The van der Waals surface area contributed by atoms with Crippen LogP contribution in [0.5, 0.6) is 0 Å². The van der Waals surface area contributed by atoms with Crippen molar-refractivity contribution in [3.63, 3.8) is 0 Å². The molecule has 0 N–H and O–H groups in total. The maximum Gasteiger partial charge on any atom is 0.417 e. The van der Waals surface area contributed by atoms with Crippen LogP contribution in [-0.2, 0) is 17.5 Å². The van der Waals surface area contributed by atoms with Crippen LogP contribution in [-0.4, -0.2) is 51.2 Å². The summed E-state index contributed by atoms with van der Waals surface area (Å²) in [7, 11) is 0. The molecule has 40 heavy (non-hydrogen) atoms. The zero-order chi connectivity index (χ0) is 28.5. The van der Waals surface area contributed by atoms with Crippen molar-refractivity contribution < 1.29 is 26.7 Å². The molecule has 0 saturated carbocycles. The fourth-order valence-corrected chi connectivity index (χ4v) is 7.34. The molecule has 0 aliphatic carbocycles. The zero-order valence-corrected chi connectivity index (χ0v) is 21.9. The third kappa shape index (κ3) is 4.20. The van der Waals surface area contributed by atoms with Crippen LogP contribution in [0.4, 0.5) is 27.8 Å².